The van der Waals surface area contributed by atoms with E-state index in [-0.39, 0.29) is 5.97 Å². The molecule has 0 bridgehead atoms. The first-order valence-electron chi connectivity index (χ1n) is 5.50. The van der Waals surface area contributed by atoms with Crippen LogP contribution < -0.4 is 0 Å². The highest BCUT2D eigenvalue weighted by Crippen LogP contribution is 1.91. The van der Waals surface area contributed by atoms with Crippen LogP contribution in [0, 0.1) is 0 Å². The fraction of sp³-hybridized carbons (Fsp3) is 0.750. The summed E-state index contributed by atoms with van der Waals surface area (Å²) in [6.45, 7) is 11.9. The van der Waals surface area contributed by atoms with Crippen LogP contribution in [0.25, 0.3) is 0 Å². The molecule has 0 aromatic heterocycles. The minimum atomic E-state index is -0.313. The normalized spacial score (nSPS) is 9.38. The first-order valence-corrected chi connectivity index (χ1v) is 5.50. The third kappa shape index (κ3) is 15.6. The van der Waals surface area contributed by atoms with Crippen molar-refractivity contribution >= 4 is 5.97 Å². The molecule has 0 N–H and O–H groups in total. The van der Waals surface area contributed by atoms with Gasteiger partial charge in [-0.15, -0.1) is 0 Å². The summed E-state index contributed by atoms with van der Waals surface area (Å²) in [5.41, 5.74) is 0.448. The monoisotopic (exact) mass is 231 g/mol. The third-order valence-electron chi connectivity index (χ3n) is 1.53. The minimum Gasteiger partial charge on any atom is -0.461 e. The van der Waals surface area contributed by atoms with Gasteiger partial charge in [0.05, 0.1) is 0 Å². The molecule has 0 radical (unpaired) electrons. The molecule has 0 fully saturated rings. The Morgan fingerprint density at radius 1 is 1.25 bits per heavy atom. The number of hydrogen-bond acceptors (Lipinski definition) is 4. The molecule has 0 rings (SSSR count). The summed E-state index contributed by atoms with van der Waals surface area (Å²) >= 11 is 0. The average Bonchev–Trinajstić information content (AvgIpc) is 2.19. The molecule has 0 aliphatic carbocycles. The van der Waals surface area contributed by atoms with Crippen LogP contribution in [0.3, 0.4) is 0 Å². The van der Waals surface area contributed by atoms with Crippen molar-refractivity contribution < 1.29 is 14.3 Å². The summed E-state index contributed by atoms with van der Waals surface area (Å²) in [7, 11) is 3.85. The van der Waals surface area contributed by atoms with Crippen LogP contribution in [0.5, 0.6) is 0 Å². The van der Waals surface area contributed by atoms with Gasteiger partial charge in [-0.25, -0.2) is 4.79 Å². The van der Waals surface area contributed by atoms with Crippen molar-refractivity contribution in [3.8, 4) is 0 Å². The smallest absolute Gasteiger partial charge is 0.333 e. The van der Waals surface area contributed by atoms with E-state index in [4.69, 9.17) is 9.47 Å². The molecule has 0 saturated carbocycles. The van der Waals surface area contributed by atoms with E-state index in [1.165, 1.54) is 0 Å². The van der Waals surface area contributed by atoms with Crippen molar-refractivity contribution in [1.29, 1.82) is 0 Å². The van der Waals surface area contributed by atoms with Gasteiger partial charge in [0.2, 0.25) is 0 Å². The molecule has 0 atom stereocenters. The molecular formula is C12H25NO3. The topological polar surface area (TPSA) is 38.8 Å². The van der Waals surface area contributed by atoms with Crippen LogP contribution in [0.1, 0.15) is 20.8 Å². The van der Waals surface area contributed by atoms with Crippen molar-refractivity contribution in [3.05, 3.63) is 12.2 Å². The lowest BCUT2D eigenvalue weighted by Crippen LogP contribution is -2.20. The van der Waals surface area contributed by atoms with E-state index in [1.54, 1.807) is 6.92 Å². The Kier molecular flexibility index (Phi) is 13.4. The van der Waals surface area contributed by atoms with Crippen molar-refractivity contribution in [2.24, 2.45) is 0 Å². The van der Waals surface area contributed by atoms with Gasteiger partial charge in [-0.1, -0.05) is 6.58 Å². The zero-order valence-electron chi connectivity index (χ0n) is 11.2. The molecule has 0 aromatic carbocycles. The first kappa shape index (κ1) is 17.5. The first-order chi connectivity index (χ1) is 7.45. The van der Waals surface area contributed by atoms with Gasteiger partial charge in [-0.3, -0.25) is 0 Å². The lowest BCUT2D eigenvalue weighted by molar-refractivity contribution is -0.139. The fourth-order valence-corrected chi connectivity index (χ4v) is 0.648. The van der Waals surface area contributed by atoms with Crippen molar-refractivity contribution in [2.75, 3.05) is 40.5 Å². The lowest BCUT2D eigenvalue weighted by atomic mass is 10.4. The van der Waals surface area contributed by atoms with Crippen molar-refractivity contribution in [3.63, 3.8) is 0 Å². The fourth-order valence-electron chi connectivity index (χ4n) is 0.648. The quantitative estimate of drug-likeness (QED) is 0.515. The molecule has 0 spiro atoms. The highest BCUT2D eigenvalue weighted by molar-refractivity contribution is 5.86. The number of carbonyl (C=O) groups is 1. The predicted octanol–water partition coefficient (Wildman–Crippen LogP) is 1.71. The highest BCUT2D eigenvalue weighted by Gasteiger charge is 2.01. The van der Waals surface area contributed by atoms with Crippen LogP contribution in [0.2, 0.25) is 0 Å². The summed E-state index contributed by atoms with van der Waals surface area (Å²) < 4.78 is 9.67. The van der Waals surface area contributed by atoms with Gasteiger partial charge in [0.1, 0.15) is 6.61 Å². The van der Waals surface area contributed by atoms with E-state index in [1.807, 2.05) is 32.8 Å². The van der Waals surface area contributed by atoms with Crippen LogP contribution in [-0.4, -0.2) is 51.3 Å². The number of ether oxygens (including phenoxy) is 2. The largest absolute Gasteiger partial charge is 0.461 e. The number of carbonyl (C=O) groups excluding carboxylic acids is 1. The highest BCUT2D eigenvalue weighted by atomic mass is 16.5. The maximum Gasteiger partial charge on any atom is 0.333 e. The average molecular weight is 231 g/mol. The van der Waals surface area contributed by atoms with Gasteiger partial charge in [-0.05, 0) is 34.9 Å². The SMILES string of the molecule is C=C(C)C(=O)OCCN(C)C.CCOCC. The zero-order valence-corrected chi connectivity index (χ0v) is 11.2. The third-order valence-corrected chi connectivity index (χ3v) is 1.53. The summed E-state index contributed by atoms with van der Waals surface area (Å²) in [6, 6.07) is 0. The second-order valence-corrected chi connectivity index (χ2v) is 3.50. The second-order valence-electron chi connectivity index (χ2n) is 3.50. The zero-order chi connectivity index (χ0) is 13.0. The van der Waals surface area contributed by atoms with E-state index in [0.717, 1.165) is 19.8 Å². The number of hydrogen-bond donors (Lipinski definition) is 0. The van der Waals surface area contributed by atoms with Gasteiger partial charge in [0, 0.05) is 25.3 Å². The van der Waals surface area contributed by atoms with Gasteiger partial charge < -0.3 is 14.4 Å². The molecule has 0 aliphatic rings. The Morgan fingerprint density at radius 2 is 1.75 bits per heavy atom. The molecule has 0 aromatic rings. The maximum absolute atomic E-state index is 10.8. The summed E-state index contributed by atoms with van der Waals surface area (Å²) in [5, 5.41) is 0. The Hall–Kier alpha value is -0.870. The standard InChI is InChI=1S/C8H15NO2.C4H10O/c1-7(2)8(10)11-6-5-9(3)4;1-3-5-4-2/h1,5-6H2,2-4H3;3-4H2,1-2H3. The summed E-state index contributed by atoms with van der Waals surface area (Å²) in [5.74, 6) is -0.313. The van der Waals surface area contributed by atoms with Crippen LogP contribution in [0.4, 0.5) is 0 Å². The Balaban J connectivity index is 0. The van der Waals surface area contributed by atoms with Crippen molar-refractivity contribution in [1.82, 2.24) is 4.90 Å². The number of likely N-dealkylation sites (N-methyl/N-ethyl adjacent to an activating group) is 1. The molecule has 16 heavy (non-hydrogen) atoms. The van der Waals surface area contributed by atoms with Gasteiger partial charge in [0.25, 0.3) is 0 Å². The Morgan fingerprint density at radius 3 is 2.00 bits per heavy atom. The Bertz CT molecular complexity index is 189. The van der Waals surface area contributed by atoms with E-state index in [2.05, 4.69) is 6.58 Å². The lowest BCUT2D eigenvalue weighted by Gasteiger charge is -2.09. The molecular weight excluding hydrogens is 206 g/mol. The van der Waals surface area contributed by atoms with Crippen LogP contribution >= 0.6 is 0 Å². The van der Waals surface area contributed by atoms with E-state index in [9.17, 15) is 4.79 Å². The molecule has 0 amide bonds. The molecule has 0 unspecified atom stereocenters. The molecule has 4 heteroatoms. The van der Waals surface area contributed by atoms with Crippen LogP contribution in [-0.2, 0) is 14.3 Å². The van der Waals surface area contributed by atoms with Gasteiger partial charge in [-0.2, -0.15) is 0 Å². The maximum atomic E-state index is 10.8. The van der Waals surface area contributed by atoms with Gasteiger partial charge >= 0.3 is 5.97 Å². The molecule has 96 valence electrons. The van der Waals surface area contributed by atoms with Crippen LogP contribution in [0.15, 0.2) is 12.2 Å². The summed E-state index contributed by atoms with van der Waals surface area (Å²) in [6.07, 6.45) is 0. The number of esters is 1. The predicted molar refractivity (Wildman–Crippen MR) is 66.5 cm³/mol. The van der Waals surface area contributed by atoms with Gasteiger partial charge in [0.15, 0.2) is 0 Å². The molecule has 0 aliphatic heterocycles. The van der Waals surface area contributed by atoms with E-state index >= 15 is 0 Å². The molecule has 4 nitrogen and oxygen atoms in total. The second kappa shape index (κ2) is 12.2. The minimum absolute atomic E-state index is 0.313. The molecule has 0 heterocycles. The van der Waals surface area contributed by atoms with E-state index in [0.29, 0.717) is 12.2 Å². The Labute approximate surface area is 99.2 Å². The number of nitrogens with zero attached hydrogens (tertiary/aromatic N) is 1. The number of rotatable bonds is 6. The van der Waals surface area contributed by atoms with E-state index < -0.39 is 0 Å². The summed E-state index contributed by atoms with van der Waals surface area (Å²) in [4.78, 5) is 12.7. The van der Waals surface area contributed by atoms with Crippen molar-refractivity contribution in [2.45, 2.75) is 20.8 Å². The molecule has 0 saturated heterocycles.